The average molecular weight is 441 g/mol. The Morgan fingerprint density at radius 1 is 1.09 bits per heavy atom. The summed E-state index contributed by atoms with van der Waals surface area (Å²) in [6, 6.07) is 10.8. The molecule has 2 heterocycles. The lowest BCUT2D eigenvalue weighted by atomic mass is 10.2. The largest absolute Gasteiger partial charge is 0.478 e. The number of anilines is 1. The van der Waals surface area contributed by atoms with Crippen LogP contribution in [0.15, 0.2) is 54.7 Å². The highest BCUT2D eigenvalue weighted by atomic mass is 19.1. The zero-order chi connectivity index (χ0) is 23.1. The quantitative estimate of drug-likeness (QED) is 0.515. The van der Waals surface area contributed by atoms with Gasteiger partial charge < -0.3 is 24.6 Å². The van der Waals surface area contributed by atoms with Crippen molar-refractivity contribution in [1.29, 1.82) is 0 Å². The number of aromatic nitrogens is 2. The summed E-state index contributed by atoms with van der Waals surface area (Å²) in [6.45, 7) is 2.07. The van der Waals surface area contributed by atoms with Crippen LogP contribution in [0.2, 0.25) is 0 Å². The number of methoxy groups -OCH3 is 1. The number of aromatic carboxylic acids is 1. The van der Waals surface area contributed by atoms with E-state index in [4.69, 9.17) is 19.3 Å². The van der Waals surface area contributed by atoms with Gasteiger partial charge in [-0.15, -0.1) is 0 Å². The minimum Gasteiger partial charge on any atom is -0.478 e. The second-order valence-corrected chi connectivity index (χ2v) is 6.66. The summed E-state index contributed by atoms with van der Waals surface area (Å²) in [5, 5.41) is 11.5. The van der Waals surface area contributed by atoms with Gasteiger partial charge >= 0.3 is 5.97 Å². The Balaban J connectivity index is 1.85. The number of pyridine rings is 2. The number of carbonyl (C=O) groups excluding carboxylic acids is 1. The fourth-order valence-corrected chi connectivity index (χ4v) is 2.61. The number of rotatable bonds is 9. The summed E-state index contributed by atoms with van der Waals surface area (Å²) in [5.74, 6) is -1.44. The molecule has 0 aliphatic carbocycles. The van der Waals surface area contributed by atoms with Gasteiger partial charge in [-0.2, -0.15) is 4.98 Å². The van der Waals surface area contributed by atoms with Crippen molar-refractivity contribution in [3.05, 3.63) is 71.7 Å². The Bertz CT molecular complexity index is 1090. The Kier molecular flexibility index (Phi) is 7.29. The molecular weight excluding hydrogens is 421 g/mol. The van der Waals surface area contributed by atoms with Crippen molar-refractivity contribution in [3.63, 3.8) is 0 Å². The van der Waals surface area contributed by atoms with Crippen molar-refractivity contribution in [2.24, 2.45) is 0 Å². The summed E-state index contributed by atoms with van der Waals surface area (Å²) in [4.78, 5) is 31.9. The van der Waals surface area contributed by atoms with Crippen LogP contribution >= 0.6 is 0 Å². The van der Waals surface area contributed by atoms with Gasteiger partial charge in [-0.05, 0) is 43.3 Å². The van der Waals surface area contributed by atoms with E-state index in [-0.39, 0.29) is 34.8 Å². The number of ether oxygens (including phenoxy) is 3. The Labute approximate surface area is 182 Å². The van der Waals surface area contributed by atoms with Crippen LogP contribution in [0.4, 0.5) is 10.2 Å². The monoisotopic (exact) mass is 441 g/mol. The third-order valence-electron chi connectivity index (χ3n) is 4.05. The van der Waals surface area contributed by atoms with Crippen LogP contribution in [0.3, 0.4) is 0 Å². The first kappa shape index (κ1) is 22.6. The lowest BCUT2D eigenvalue weighted by Crippen LogP contribution is -2.19. The molecule has 32 heavy (non-hydrogen) atoms. The standard InChI is InChI=1S/C22H20FN3O6/c1-13(12-30-2)31-19-9-15(10-20(26-19)32-17-6-4-16(23)5-7-17)21(27)25-18-8-3-14(11-24-18)22(28)29/h3-11,13H,12H2,1-2H3,(H,28,29)(H,24,25,27)/t13-/m1/s1. The molecule has 0 saturated carbocycles. The summed E-state index contributed by atoms with van der Waals surface area (Å²) in [7, 11) is 1.53. The third kappa shape index (κ3) is 6.22. The van der Waals surface area contributed by atoms with Crippen molar-refractivity contribution < 1.29 is 33.3 Å². The van der Waals surface area contributed by atoms with Gasteiger partial charge in [0.05, 0.1) is 17.7 Å². The van der Waals surface area contributed by atoms with E-state index >= 15 is 0 Å². The van der Waals surface area contributed by atoms with E-state index in [1.165, 1.54) is 55.6 Å². The summed E-state index contributed by atoms with van der Waals surface area (Å²) in [5.41, 5.74) is 0.144. The molecule has 10 heteroatoms. The van der Waals surface area contributed by atoms with E-state index in [9.17, 15) is 14.0 Å². The predicted octanol–water partition coefficient (Wildman–Crippen LogP) is 3.77. The highest BCUT2D eigenvalue weighted by Crippen LogP contribution is 2.25. The number of halogens is 1. The van der Waals surface area contributed by atoms with E-state index in [2.05, 4.69) is 15.3 Å². The highest BCUT2D eigenvalue weighted by molar-refractivity contribution is 6.04. The fraction of sp³-hybridized carbons (Fsp3) is 0.182. The van der Waals surface area contributed by atoms with Crippen LogP contribution in [0.5, 0.6) is 17.5 Å². The Hall–Kier alpha value is -4.05. The summed E-state index contributed by atoms with van der Waals surface area (Å²) >= 11 is 0. The summed E-state index contributed by atoms with van der Waals surface area (Å²) in [6.07, 6.45) is 0.781. The van der Waals surface area contributed by atoms with Crippen molar-refractivity contribution in [3.8, 4) is 17.5 Å². The average Bonchev–Trinajstić information content (AvgIpc) is 2.75. The molecule has 0 spiro atoms. The van der Waals surface area contributed by atoms with Gasteiger partial charge in [-0.25, -0.2) is 14.2 Å². The number of carbonyl (C=O) groups is 2. The van der Waals surface area contributed by atoms with Gasteiger partial charge in [0.15, 0.2) is 0 Å². The first-order valence-electron chi connectivity index (χ1n) is 9.46. The Morgan fingerprint density at radius 3 is 2.44 bits per heavy atom. The lowest BCUT2D eigenvalue weighted by Gasteiger charge is -2.15. The summed E-state index contributed by atoms with van der Waals surface area (Å²) < 4.78 is 29.6. The first-order valence-corrected chi connectivity index (χ1v) is 9.46. The van der Waals surface area contributed by atoms with Crippen LogP contribution in [-0.4, -0.2) is 46.8 Å². The number of hydrogen-bond acceptors (Lipinski definition) is 7. The topological polar surface area (TPSA) is 120 Å². The van der Waals surface area contributed by atoms with Crippen LogP contribution in [0, 0.1) is 5.82 Å². The van der Waals surface area contributed by atoms with E-state index < -0.39 is 17.7 Å². The van der Waals surface area contributed by atoms with Crippen LogP contribution < -0.4 is 14.8 Å². The number of hydrogen-bond donors (Lipinski definition) is 2. The van der Waals surface area contributed by atoms with Gasteiger partial charge in [0.25, 0.3) is 5.91 Å². The van der Waals surface area contributed by atoms with E-state index in [0.717, 1.165) is 6.20 Å². The maximum Gasteiger partial charge on any atom is 0.337 e. The molecule has 0 saturated heterocycles. The molecule has 1 atom stereocenters. The molecule has 2 aromatic heterocycles. The van der Waals surface area contributed by atoms with Crippen molar-refractivity contribution >= 4 is 17.7 Å². The molecule has 0 aliphatic heterocycles. The van der Waals surface area contributed by atoms with Crippen LogP contribution in [0.25, 0.3) is 0 Å². The molecular formula is C22H20FN3O6. The van der Waals surface area contributed by atoms with Gasteiger partial charge in [0.1, 0.15) is 23.5 Å². The first-order chi connectivity index (χ1) is 15.3. The molecule has 0 radical (unpaired) electrons. The number of nitrogens with zero attached hydrogens (tertiary/aromatic N) is 2. The van der Waals surface area contributed by atoms with Crippen molar-refractivity contribution in [2.45, 2.75) is 13.0 Å². The molecule has 0 unspecified atom stereocenters. The molecule has 0 aliphatic rings. The van der Waals surface area contributed by atoms with E-state index in [1.807, 2.05) is 0 Å². The molecule has 1 amide bonds. The molecule has 0 bridgehead atoms. The van der Waals surface area contributed by atoms with Crippen LogP contribution in [-0.2, 0) is 4.74 Å². The van der Waals surface area contributed by atoms with Gasteiger partial charge in [-0.3, -0.25) is 4.79 Å². The van der Waals surface area contributed by atoms with Gasteiger partial charge in [0, 0.05) is 25.4 Å². The maximum atomic E-state index is 13.2. The third-order valence-corrected chi connectivity index (χ3v) is 4.05. The van der Waals surface area contributed by atoms with Gasteiger partial charge in [-0.1, -0.05) is 0 Å². The highest BCUT2D eigenvalue weighted by Gasteiger charge is 2.15. The fourth-order valence-electron chi connectivity index (χ4n) is 2.61. The second-order valence-electron chi connectivity index (χ2n) is 6.66. The van der Waals surface area contributed by atoms with Crippen LogP contribution in [0.1, 0.15) is 27.6 Å². The molecule has 3 aromatic rings. The number of benzene rings is 1. The zero-order valence-corrected chi connectivity index (χ0v) is 17.2. The number of carboxylic acid groups (broad SMARTS) is 1. The number of nitrogens with one attached hydrogen (secondary N) is 1. The normalized spacial score (nSPS) is 11.5. The number of carboxylic acids is 1. The number of amides is 1. The molecule has 166 valence electrons. The Morgan fingerprint density at radius 2 is 1.81 bits per heavy atom. The molecule has 9 nitrogen and oxygen atoms in total. The minimum atomic E-state index is -1.13. The molecule has 1 aromatic carbocycles. The molecule has 2 N–H and O–H groups in total. The van der Waals surface area contributed by atoms with Crippen molar-refractivity contribution in [1.82, 2.24) is 9.97 Å². The molecule has 0 fully saturated rings. The second kappa shape index (κ2) is 10.3. The SMILES string of the molecule is COC[C@@H](C)Oc1cc(C(=O)Nc2ccc(C(=O)O)cn2)cc(Oc2ccc(F)cc2)n1. The van der Waals surface area contributed by atoms with E-state index in [0.29, 0.717) is 12.4 Å². The van der Waals surface area contributed by atoms with Crippen molar-refractivity contribution in [2.75, 3.05) is 19.0 Å². The smallest absolute Gasteiger partial charge is 0.337 e. The molecule has 3 rings (SSSR count). The maximum absolute atomic E-state index is 13.2. The van der Waals surface area contributed by atoms with Gasteiger partial charge in [0.2, 0.25) is 11.8 Å². The van der Waals surface area contributed by atoms with E-state index in [1.54, 1.807) is 6.92 Å². The zero-order valence-electron chi connectivity index (χ0n) is 17.2. The lowest BCUT2D eigenvalue weighted by molar-refractivity contribution is 0.0696. The minimum absolute atomic E-state index is 0.00953. The predicted molar refractivity (Wildman–Crippen MR) is 112 cm³/mol.